The number of phenols is 1. The summed E-state index contributed by atoms with van der Waals surface area (Å²) >= 11 is 0. The highest BCUT2D eigenvalue weighted by Gasteiger charge is 2.11. The molecule has 3 rings (SSSR count). The van der Waals surface area contributed by atoms with Crippen LogP contribution in [-0.4, -0.2) is 20.3 Å². The van der Waals surface area contributed by atoms with Gasteiger partial charge in [0.25, 0.3) is 0 Å². The Labute approximate surface area is 123 Å². The summed E-state index contributed by atoms with van der Waals surface area (Å²) in [6.07, 6.45) is 0. The lowest BCUT2D eigenvalue weighted by Crippen LogP contribution is -2.26. The molecule has 110 valence electrons. The number of aliphatic hydroxyl groups excluding tert-OH is 1. The van der Waals surface area contributed by atoms with Crippen molar-refractivity contribution in [3.05, 3.63) is 56.0 Å². The third-order valence-corrected chi connectivity index (χ3v) is 3.43. The van der Waals surface area contributed by atoms with Crippen LogP contribution in [0.5, 0.6) is 11.5 Å². The van der Waals surface area contributed by atoms with Gasteiger partial charge in [0.1, 0.15) is 17.0 Å². The summed E-state index contributed by atoms with van der Waals surface area (Å²) in [5.74, 6) is -1.15. The lowest BCUT2D eigenvalue weighted by molar-refractivity contribution is 0.467. The largest absolute Gasteiger partial charge is 0.512 e. The summed E-state index contributed by atoms with van der Waals surface area (Å²) in [5.41, 5.74) is -1.04. The molecule has 3 aromatic rings. The topological polar surface area (TPSA) is 108 Å². The van der Waals surface area contributed by atoms with Crippen molar-refractivity contribution >= 4 is 27.6 Å². The molecule has 0 saturated carbocycles. The highest BCUT2D eigenvalue weighted by Crippen LogP contribution is 2.23. The molecule has 0 unspecified atom stereocenters. The first kappa shape index (κ1) is 13.8. The van der Waals surface area contributed by atoms with E-state index in [0.717, 1.165) is 6.07 Å². The van der Waals surface area contributed by atoms with Gasteiger partial charge >= 0.3 is 0 Å². The van der Waals surface area contributed by atoms with E-state index in [1.807, 2.05) is 0 Å². The lowest BCUT2D eigenvalue weighted by atomic mass is 10.1. The van der Waals surface area contributed by atoms with E-state index in [-0.39, 0.29) is 38.5 Å². The van der Waals surface area contributed by atoms with Gasteiger partial charge in [0.15, 0.2) is 5.75 Å². The zero-order valence-corrected chi connectivity index (χ0v) is 11.5. The van der Waals surface area contributed by atoms with Crippen LogP contribution in [0.2, 0.25) is 0 Å². The molecule has 0 radical (unpaired) electrons. The molecule has 0 saturated heterocycles. The number of fused-ring (bicyclic) bond motifs is 2. The van der Waals surface area contributed by atoms with Crippen LogP contribution in [0.15, 0.2) is 39.9 Å². The van der Waals surface area contributed by atoms with Crippen molar-refractivity contribution in [1.29, 1.82) is 0 Å². The van der Waals surface area contributed by atoms with Gasteiger partial charge in [-0.25, -0.2) is 4.98 Å². The highest BCUT2D eigenvalue weighted by molar-refractivity contribution is 5.92. The number of benzene rings is 2. The normalized spacial score (nSPS) is 12.6. The Morgan fingerprint density at radius 1 is 1.05 bits per heavy atom. The first-order valence-corrected chi connectivity index (χ1v) is 6.42. The molecule has 0 atom stereocenters. The standard InChI is InChI=1S/C16H11NO5/c1-7(18)14-9-5-12(20)8-3-2-4-11(19)15(8)17-10(9)6-13(21)16(14)22/h2-6,18,20-21H,1H3/b14-7+. The quantitative estimate of drug-likeness (QED) is 0.569. The number of aromatic nitrogens is 1. The molecule has 2 aromatic carbocycles. The summed E-state index contributed by atoms with van der Waals surface area (Å²) in [6.45, 7) is 1.29. The highest BCUT2D eigenvalue weighted by atomic mass is 16.3. The molecular weight excluding hydrogens is 286 g/mol. The van der Waals surface area contributed by atoms with Crippen molar-refractivity contribution in [3.63, 3.8) is 0 Å². The number of hydrogen-bond donors (Lipinski definition) is 3. The predicted octanol–water partition coefficient (Wildman–Crippen LogP) is 0.925. The van der Waals surface area contributed by atoms with Gasteiger partial charge in [0, 0.05) is 16.8 Å². The van der Waals surface area contributed by atoms with E-state index in [0.29, 0.717) is 0 Å². The number of rotatable bonds is 0. The number of nitrogens with zero attached hydrogens (tertiary/aromatic N) is 1. The zero-order valence-electron chi connectivity index (χ0n) is 11.5. The maximum Gasteiger partial charge on any atom is 0.231 e. The average Bonchev–Trinajstić information content (AvgIpc) is 2.58. The molecule has 3 N–H and O–H groups in total. The zero-order chi connectivity index (χ0) is 16.0. The number of para-hydroxylation sites is 1. The minimum Gasteiger partial charge on any atom is -0.512 e. The minimum absolute atomic E-state index is 0.00888. The maximum absolute atomic E-state index is 12.0. The van der Waals surface area contributed by atoms with Crippen molar-refractivity contribution in [2.24, 2.45) is 0 Å². The molecule has 6 nitrogen and oxygen atoms in total. The van der Waals surface area contributed by atoms with Gasteiger partial charge in [0.05, 0.1) is 10.7 Å². The van der Waals surface area contributed by atoms with Crippen LogP contribution in [0.1, 0.15) is 6.92 Å². The second-order valence-electron chi connectivity index (χ2n) is 4.91. The lowest BCUT2D eigenvalue weighted by Gasteiger charge is -1.97. The second-order valence-corrected chi connectivity index (χ2v) is 4.91. The Balaban J connectivity index is 2.79. The van der Waals surface area contributed by atoms with Crippen LogP contribution in [0.4, 0.5) is 0 Å². The molecule has 0 bridgehead atoms. The molecule has 0 amide bonds. The van der Waals surface area contributed by atoms with Crippen molar-refractivity contribution in [3.8, 4) is 11.5 Å². The molecular formula is C16H11NO5. The van der Waals surface area contributed by atoms with Gasteiger partial charge in [-0.3, -0.25) is 9.59 Å². The Bertz CT molecular complexity index is 1100. The van der Waals surface area contributed by atoms with E-state index in [1.54, 1.807) is 0 Å². The van der Waals surface area contributed by atoms with E-state index in [9.17, 15) is 24.9 Å². The fraction of sp³-hybridized carbons (Fsp3) is 0.0625. The smallest absolute Gasteiger partial charge is 0.231 e. The van der Waals surface area contributed by atoms with E-state index in [2.05, 4.69) is 4.98 Å². The van der Waals surface area contributed by atoms with Gasteiger partial charge in [-0.15, -0.1) is 0 Å². The molecule has 0 aliphatic carbocycles. The molecule has 22 heavy (non-hydrogen) atoms. The first-order chi connectivity index (χ1) is 10.4. The van der Waals surface area contributed by atoms with E-state index >= 15 is 0 Å². The number of phenolic OH excluding ortho intramolecular Hbond substituents is 1. The van der Waals surface area contributed by atoms with Crippen LogP contribution in [0.3, 0.4) is 0 Å². The van der Waals surface area contributed by atoms with Crippen LogP contribution < -0.4 is 16.1 Å². The molecule has 0 aliphatic heterocycles. The Morgan fingerprint density at radius 3 is 2.45 bits per heavy atom. The third kappa shape index (κ3) is 1.93. The Kier molecular flexibility index (Phi) is 2.95. The van der Waals surface area contributed by atoms with Crippen LogP contribution in [-0.2, 0) is 0 Å². The summed E-state index contributed by atoms with van der Waals surface area (Å²) in [5, 5.41) is 29.8. The van der Waals surface area contributed by atoms with Gasteiger partial charge < -0.3 is 15.3 Å². The monoisotopic (exact) mass is 297 g/mol. The number of hydrogen-bond acceptors (Lipinski definition) is 6. The summed E-state index contributed by atoms with van der Waals surface area (Å²) in [7, 11) is 0. The van der Waals surface area contributed by atoms with Crippen molar-refractivity contribution < 1.29 is 15.3 Å². The Hall–Kier alpha value is -3.15. The summed E-state index contributed by atoms with van der Waals surface area (Å²) in [4.78, 5) is 28.1. The summed E-state index contributed by atoms with van der Waals surface area (Å²) in [6, 6.07) is 6.66. The third-order valence-electron chi connectivity index (χ3n) is 3.43. The minimum atomic E-state index is -0.772. The first-order valence-electron chi connectivity index (χ1n) is 6.42. The van der Waals surface area contributed by atoms with E-state index < -0.39 is 16.6 Å². The Morgan fingerprint density at radius 2 is 1.77 bits per heavy atom. The molecule has 0 fully saturated rings. The van der Waals surface area contributed by atoms with E-state index in [1.165, 1.54) is 31.2 Å². The SMILES string of the molecule is C/C(O)=c1\c(=O)c(O)cc2nc3c(=O)cccc3c(O)cc12. The van der Waals surface area contributed by atoms with Gasteiger partial charge in [-0.05, 0) is 25.1 Å². The van der Waals surface area contributed by atoms with Crippen molar-refractivity contribution in [2.45, 2.75) is 6.92 Å². The number of aromatic hydroxyl groups is 2. The maximum atomic E-state index is 12.0. The molecule has 0 spiro atoms. The van der Waals surface area contributed by atoms with E-state index in [4.69, 9.17) is 0 Å². The molecule has 6 heteroatoms. The molecule has 1 heterocycles. The molecule has 0 aliphatic rings. The van der Waals surface area contributed by atoms with Crippen LogP contribution in [0.25, 0.3) is 27.6 Å². The van der Waals surface area contributed by atoms with Gasteiger partial charge in [-0.1, -0.05) is 6.07 Å². The molecule has 1 aromatic heterocycles. The van der Waals surface area contributed by atoms with Crippen molar-refractivity contribution in [2.75, 3.05) is 0 Å². The van der Waals surface area contributed by atoms with Crippen molar-refractivity contribution in [1.82, 2.24) is 4.98 Å². The van der Waals surface area contributed by atoms with Crippen LogP contribution in [0, 0.1) is 0 Å². The van der Waals surface area contributed by atoms with Gasteiger partial charge in [-0.2, -0.15) is 0 Å². The van der Waals surface area contributed by atoms with Crippen LogP contribution >= 0.6 is 0 Å². The van der Waals surface area contributed by atoms with Gasteiger partial charge in [0.2, 0.25) is 10.9 Å². The fourth-order valence-electron chi connectivity index (χ4n) is 2.43. The predicted molar refractivity (Wildman–Crippen MR) is 82.0 cm³/mol. The second kappa shape index (κ2) is 4.70. The fourth-order valence-corrected chi connectivity index (χ4v) is 2.43. The number of aliphatic hydroxyl groups is 1. The average molecular weight is 297 g/mol. The summed E-state index contributed by atoms with van der Waals surface area (Å²) < 4.78 is 0.